The maximum atomic E-state index is 6.01. The molecule has 1 rings (SSSR count). The van der Waals surface area contributed by atoms with Gasteiger partial charge >= 0.3 is 0 Å². The molecule has 0 aromatic rings. The lowest BCUT2D eigenvalue weighted by atomic mass is 9.71. The molecule has 23 heavy (non-hydrogen) atoms. The van der Waals surface area contributed by atoms with E-state index in [2.05, 4.69) is 34.6 Å². The maximum absolute atomic E-state index is 6.01. The molecule has 0 saturated heterocycles. The first kappa shape index (κ1) is 20.9. The van der Waals surface area contributed by atoms with E-state index in [9.17, 15) is 0 Å². The molecule has 0 aliphatic heterocycles. The SMILES string of the molecule is CCC(C)(C)OOC1(OOC(C)(C)CC)C(C)CCC(C)C1C. The fourth-order valence-corrected chi connectivity index (χ4v) is 2.61. The molecule has 138 valence electrons. The molecule has 1 aliphatic rings. The average molecular weight is 331 g/mol. The third-order valence-corrected chi connectivity index (χ3v) is 5.73. The highest BCUT2D eigenvalue weighted by molar-refractivity contribution is 4.89. The Kier molecular flexibility index (Phi) is 7.10. The molecule has 3 atom stereocenters. The number of hydrogen-bond donors (Lipinski definition) is 0. The lowest BCUT2D eigenvalue weighted by molar-refractivity contribution is -0.568. The monoisotopic (exact) mass is 330 g/mol. The lowest BCUT2D eigenvalue weighted by Gasteiger charge is -2.48. The summed E-state index contributed by atoms with van der Waals surface area (Å²) < 4.78 is 0. The van der Waals surface area contributed by atoms with Crippen LogP contribution in [0.4, 0.5) is 0 Å². The Labute approximate surface area is 143 Å². The highest BCUT2D eigenvalue weighted by Gasteiger charge is 2.53. The van der Waals surface area contributed by atoms with E-state index in [-0.39, 0.29) is 23.0 Å². The van der Waals surface area contributed by atoms with Crippen molar-refractivity contribution < 1.29 is 19.6 Å². The maximum Gasteiger partial charge on any atom is 0.239 e. The van der Waals surface area contributed by atoms with Crippen molar-refractivity contribution >= 4 is 0 Å². The molecule has 0 bridgehead atoms. The van der Waals surface area contributed by atoms with Crippen LogP contribution in [-0.4, -0.2) is 17.0 Å². The van der Waals surface area contributed by atoms with Gasteiger partial charge in [0, 0.05) is 11.8 Å². The molecule has 4 nitrogen and oxygen atoms in total. The Hall–Kier alpha value is -0.160. The number of rotatable bonds is 8. The van der Waals surface area contributed by atoms with Gasteiger partial charge in [-0.2, -0.15) is 9.78 Å². The molecule has 1 aliphatic carbocycles. The van der Waals surface area contributed by atoms with Crippen molar-refractivity contribution in [2.45, 2.75) is 105 Å². The van der Waals surface area contributed by atoms with Gasteiger partial charge in [-0.15, -0.1) is 0 Å². The van der Waals surface area contributed by atoms with Gasteiger partial charge in [-0.3, -0.25) is 0 Å². The Balaban J connectivity index is 2.98. The predicted octanol–water partition coefficient (Wildman–Crippen LogP) is 5.66. The summed E-state index contributed by atoms with van der Waals surface area (Å²) in [7, 11) is 0. The fourth-order valence-electron chi connectivity index (χ4n) is 2.61. The van der Waals surface area contributed by atoms with Crippen LogP contribution < -0.4 is 0 Å². The van der Waals surface area contributed by atoms with Gasteiger partial charge < -0.3 is 0 Å². The molecule has 0 spiro atoms. The zero-order valence-electron chi connectivity index (χ0n) is 16.7. The van der Waals surface area contributed by atoms with Crippen molar-refractivity contribution in [2.24, 2.45) is 17.8 Å². The minimum atomic E-state index is -0.865. The first-order valence-corrected chi connectivity index (χ1v) is 9.23. The van der Waals surface area contributed by atoms with Gasteiger partial charge in [-0.05, 0) is 59.3 Å². The third-order valence-electron chi connectivity index (χ3n) is 5.73. The van der Waals surface area contributed by atoms with E-state index in [1.54, 1.807) is 0 Å². The Bertz CT molecular complexity index is 344. The van der Waals surface area contributed by atoms with Crippen molar-refractivity contribution in [3.05, 3.63) is 0 Å². The third kappa shape index (κ3) is 5.15. The second kappa shape index (κ2) is 7.81. The van der Waals surface area contributed by atoms with E-state index in [0.29, 0.717) is 5.92 Å². The second-order valence-corrected chi connectivity index (χ2v) is 8.53. The quantitative estimate of drug-likeness (QED) is 0.327. The highest BCUT2D eigenvalue weighted by atomic mass is 17.3. The lowest BCUT2D eigenvalue weighted by Crippen LogP contribution is -2.55. The Morgan fingerprint density at radius 2 is 1.26 bits per heavy atom. The van der Waals surface area contributed by atoms with Gasteiger partial charge in [0.05, 0.1) is 11.2 Å². The molecule has 0 N–H and O–H groups in total. The van der Waals surface area contributed by atoms with E-state index in [4.69, 9.17) is 19.6 Å². The van der Waals surface area contributed by atoms with Crippen LogP contribution in [0, 0.1) is 17.8 Å². The molecular formula is C19H38O4. The summed E-state index contributed by atoms with van der Waals surface area (Å²) >= 11 is 0. The van der Waals surface area contributed by atoms with Crippen LogP contribution in [0.2, 0.25) is 0 Å². The number of hydrogen-bond acceptors (Lipinski definition) is 4. The van der Waals surface area contributed by atoms with Crippen molar-refractivity contribution in [3.8, 4) is 0 Å². The highest BCUT2D eigenvalue weighted by Crippen LogP contribution is 2.46. The molecule has 1 saturated carbocycles. The van der Waals surface area contributed by atoms with E-state index < -0.39 is 5.79 Å². The summed E-state index contributed by atoms with van der Waals surface area (Å²) in [6, 6.07) is 0. The smallest absolute Gasteiger partial charge is 0.228 e. The Morgan fingerprint density at radius 1 is 0.826 bits per heavy atom. The minimum absolute atomic E-state index is 0.187. The zero-order chi connectivity index (χ0) is 17.9. The minimum Gasteiger partial charge on any atom is -0.228 e. The Morgan fingerprint density at radius 3 is 1.65 bits per heavy atom. The van der Waals surface area contributed by atoms with Crippen molar-refractivity contribution in [3.63, 3.8) is 0 Å². The molecule has 4 heteroatoms. The van der Waals surface area contributed by atoms with E-state index >= 15 is 0 Å². The summed E-state index contributed by atoms with van der Waals surface area (Å²) in [6.07, 6.45) is 3.94. The van der Waals surface area contributed by atoms with Gasteiger partial charge in [0.15, 0.2) is 0 Å². The standard InChI is InChI=1S/C19H38O4/c1-10-17(6,7)20-22-19(23-21-18(8,9)11-2)15(4)13-12-14(3)16(19)5/h14-16H,10-13H2,1-9H3. The van der Waals surface area contributed by atoms with Crippen LogP contribution in [0.1, 0.15) is 88.0 Å². The van der Waals surface area contributed by atoms with Gasteiger partial charge in [-0.1, -0.05) is 34.6 Å². The molecule has 0 aromatic heterocycles. The summed E-state index contributed by atoms with van der Waals surface area (Å²) in [5, 5.41) is 0. The molecular weight excluding hydrogens is 292 g/mol. The first-order chi connectivity index (χ1) is 10.5. The van der Waals surface area contributed by atoms with Gasteiger partial charge in [0.2, 0.25) is 5.79 Å². The van der Waals surface area contributed by atoms with Crippen LogP contribution in [0.3, 0.4) is 0 Å². The molecule has 0 aromatic carbocycles. The van der Waals surface area contributed by atoms with Crippen molar-refractivity contribution in [2.75, 3.05) is 0 Å². The van der Waals surface area contributed by atoms with E-state index in [0.717, 1.165) is 19.3 Å². The summed E-state index contributed by atoms with van der Waals surface area (Å²) in [5.74, 6) is 0.0183. The molecule has 3 unspecified atom stereocenters. The molecule has 1 fully saturated rings. The van der Waals surface area contributed by atoms with E-state index in [1.807, 2.05) is 27.7 Å². The van der Waals surface area contributed by atoms with Crippen LogP contribution in [0.25, 0.3) is 0 Å². The van der Waals surface area contributed by atoms with Gasteiger partial charge in [-0.25, -0.2) is 9.78 Å². The van der Waals surface area contributed by atoms with Crippen LogP contribution in [0.15, 0.2) is 0 Å². The molecule has 0 amide bonds. The van der Waals surface area contributed by atoms with Gasteiger partial charge in [0.1, 0.15) is 0 Å². The molecule has 0 heterocycles. The zero-order valence-corrected chi connectivity index (χ0v) is 16.7. The fraction of sp³-hybridized carbons (Fsp3) is 1.00. The second-order valence-electron chi connectivity index (χ2n) is 8.53. The summed E-state index contributed by atoms with van der Waals surface area (Å²) in [6.45, 7) is 18.9. The largest absolute Gasteiger partial charge is 0.239 e. The van der Waals surface area contributed by atoms with Crippen LogP contribution >= 0.6 is 0 Å². The van der Waals surface area contributed by atoms with Gasteiger partial charge in [0.25, 0.3) is 0 Å². The topological polar surface area (TPSA) is 36.9 Å². The predicted molar refractivity (Wildman–Crippen MR) is 92.5 cm³/mol. The first-order valence-electron chi connectivity index (χ1n) is 9.23. The van der Waals surface area contributed by atoms with Crippen LogP contribution in [-0.2, 0) is 19.6 Å². The van der Waals surface area contributed by atoms with E-state index in [1.165, 1.54) is 6.42 Å². The van der Waals surface area contributed by atoms with Crippen molar-refractivity contribution in [1.29, 1.82) is 0 Å². The van der Waals surface area contributed by atoms with Crippen molar-refractivity contribution in [1.82, 2.24) is 0 Å². The normalized spacial score (nSPS) is 28.8. The molecule has 0 radical (unpaired) electrons. The van der Waals surface area contributed by atoms with Crippen LogP contribution in [0.5, 0.6) is 0 Å². The summed E-state index contributed by atoms with van der Waals surface area (Å²) in [4.78, 5) is 23.6. The summed E-state index contributed by atoms with van der Waals surface area (Å²) in [5.41, 5.74) is -0.701. The average Bonchev–Trinajstić information content (AvgIpc) is 2.51.